The molecule has 190 valence electrons. The predicted octanol–water partition coefficient (Wildman–Crippen LogP) is 6.41. The molecule has 5 aromatic rings. The fraction of sp³-hybridized carbons (Fsp3) is 0.0667. The third kappa shape index (κ3) is 5.32. The Balaban J connectivity index is 1.44. The molecule has 1 N–H and O–H groups in total. The Hall–Kier alpha value is -4.01. The van der Waals surface area contributed by atoms with Crippen LogP contribution in [-0.2, 0) is 14.8 Å². The maximum atomic E-state index is 13.5. The fourth-order valence-corrected chi connectivity index (χ4v) is 5.97. The second-order valence-corrected chi connectivity index (χ2v) is 11.6. The van der Waals surface area contributed by atoms with Crippen molar-refractivity contribution < 1.29 is 13.2 Å². The summed E-state index contributed by atoms with van der Waals surface area (Å²) < 4.78 is 29.0. The molecular weight excluding hydrogens is 562 g/mol. The second kappa shape index (κ2) is 10.8. The zero-order valence-electron chi connectivity index (χ0n) is 20.5. The Bertz CT molecular complexity index is 1710. The Morgan fingerprint density at radius 1 is 0.868 bits per heavy atom. The number of anilines is 1. The van der Waals surface area contributed by atoms with Crippen molar-refractivity contribution in [1.82, 2.24) is 5.43 Å². The van der Waals surface area contributed by atoms with Crippen molar-refractivity contribution in [3.8, 4) is 0 Å². The number of halogens is 1. The van der Waals surface area contributed by atoms with Gasteiger partial charge >= 0.3 is 0 Å². The first-order valence-electron chi connectivity index (χ1n) is 11.9. The van der Waals surface area contributed by atoms with Gasteiger partial charge in [0.1, 0.15) is 6.54 Å². The number of benzene rings is 5. The molecule has 0 saturated heterocycles. The van der Waals surface area contributed by atoms with Gasteiger partial charge in [-0.25, -0.2) is 13.8 Å². The Morgan fingerprint density at radius 2 is 1.45 bits per heavy atom. The van der Waals surface area contributed by atoms with Crippen LogP contribution in [0.3, 0.4) is 0 Å². The van der Waals surface area contributed by atoms with Crippen LogP contribution in [0.1, 0.15) is 11.1 Å². The van der Waals surface area contributed by atoms with Crippen LogP contribution in [0.2, 0.25) is 0 Å². The fourth-order valence-electron chi connectivity index (χ4n) is 4.28. The van der Waals surface area contributed by atoms with Crippen molar-refractivity contribution in [2.75, 3.05) is 10.8 Å². The molecule has 0 atom stereocenters. The standard InChI is InChI=1S/C30H24BrN3O3S/c1-21-10-16-26(17-11-21)38(36,37)34(25-14-12-24(31)13-15-25)20-30(35)33-32-19-29-27-8-4-2-6-22(27)18-23-7-3-5-9-28(23)29/h2-19H,20H2,1H3,(H,33,35). The van der Waals surface area contributed by atoms with Gasteiger partial charge in [0.2, 0.25) is 0 Å². The van der Waals surface area contributed by atoms with Gasteiger partial charge in [0.25, 0.3) is 15.9 Å². The van der Waals surface area contributed by atoms with Crippen LogP contribution in [0, 0.1) is 6.92 Å². The number of nitrogens with one attached hydrogen (secondary N) is 1. The highest BCUT2D eigenvalue weighted by molar-refractivity contribution is 9.10. The van der Waals surface area contributed by atoms with Gasteiger partial charge in [-0.1, -0.05) is 82.2 Å². The van der Waals surface area contributed by atoms with Crippen molar-refractivity contribution in [1.29, 1.82) is 0 Å². The average Bonchev–Trinajstić information content (AvgIpc) is 2.92. The van der Waals surface area contributed by atoms with Gasteiger partial charge in [0.05, 0.1) is 16.8 Å². The highest BCUT2D eigenvalue weighted by Crippen LogP contribution is 2.28. The molecule has 0 aromatic heterocycles. The molecule has 1 amide bonds. The summed E-state index contributed by atoms with van der Waals surface area (Å²) in [6.45, 7) is 1.44. The van der Waals surface area contributed by atoms with Crippen molar-refractivity contribution in [3.63, 3.8) is 0 Å². The molecule has 38 heavy (non-hydrogen) atoms. The summed E-state index contributed by atoms with van der Waals surface area (Å²) in [6.07, 6.45) is 1.61. The van der Waals surface area contributed by atoms with Crippen LogP contribution in [0.25, 0.3) is 21.5 Å². The Morgan fingerprint density at radius 3 is 2.05 bits per heavy atom. The number of hydrogen-bond donors (Lipinski definition) is 1. The van der Waals surface area contributed by atoms with Gasteiger partial charge in [0.15, 0.2) is 0 Å². The molecule has 0 unspecified atom stereocenters. The zero-order chi connectivity index (χ0) is 26.7. The van der Waals surface area contributed by atoms with E-state index in [1.165, 1.54) is 12.1 Å². The summed E-state index contributed by atoms with van der Waals surface area (Å²) in [6, 6.07) is 31.4. The van der Waals surface area contributed by atoms with Crippen LogP contribution < -0.4 is 9.73 Å². The molecule has 0 bridgehead atoms. The van der Waals surface area contributed by atoms with E-state index in [-0.39, 0.29) is 4.90 Å². The van der Waals surface area contributed by atoms with E-state index in [1.807, 2.05) is 55.5 Å². The highest BCUT2D eigenvalue weighted by atomic mass is 79.9. The average molecular weight is 587 g/mol. The molecular formula is C30H24BrN3O3S. The van der Waals surface area contributed by atoms with Gasteiger partial charge in [0, 0.05) is 10.0 Å². The molecule has 0 heterocycles. The number of nitrogens with zero attached hydrogens (tertiary/aromatic N) is 2. The van der Waals surface area contributed by atoms with Crippen LogP contribution in [0.5, 0.6) is 0 Å². The summed E-state index contributed by atoms with van der Waals surface area (Å²) in [5.74, 6) is -0.565. The minimum absolute atomic E-state index is 0.101. The minimum Gasteiger partial charge on any atom is -0.271 e. The van der Waals surface area contributed by atoms with Gasteiger partial charge in [-0.15, -0.1) is 0 Å². The van der Waals surface area contributed by atoms with Crippen LogP contribution in [0.4, 0.5) is 5.69 Å². The first-order valence-corrected chi connectivity index (χ1v) is 14.1. The van der Waals surface area contributed by atoms with Crippen molar-refractivity contribution in [2.45, 2.75) is 11.8 Å². The first kappa shape index (κ1) is 25.6. The van der Waals surface area contributed by atoms with Gasteiger partial charge in [-0.2, -0.15) is 5.10 Å². The molecule has 0 aliphatic rings. The van der Waals surface area contributed by atoms with Gasteiger partial charge in [-0.3, -0.25) is 9.10 Å². The third-order valence-electron chi connectivity index (χ3n) is 6.21. The summed E-state index contributed by atoms with van der Waals surface area (Å²) in [5, 5.41) is 8.34. The molecule has 0 spiro atoms. The number of rotatable bonds is 7. The van der Waals surface area contributed by atoms with E-state index in [4.69, 9.17) is 0 Å². The number of aryl methyl sites for hydroxylation is 1. The quantitative estimate of drug-likeness (QED) is 0.136. The lowest BCUT2D eigenvalue weighted by Gasteiger charge is -2.23. The SMILES string of the molecule is Cc1ccc(S(=O)(=O)N(CC(=O)NN=Cc2c3ccccc3cc3ccccc23)c2ccc(Br)cc2)cc1. The van der Waals surface area contributed by atoms with Gasteiger partial charge < -0.3 is 0 Å². The first-order chi connectivity index (χ1) is 18.3. The van der Waals surface area contributed by atoms with E-state index in [9.17, 15) is 13.2 Å². The monoisotopic (exact) mass is 585 g/mol. The van der Waals surface area contributed by atoms with E-state index >= 15 is 0 Å². The minimum atomic E-state index is -4.01. The third-order valence-corrected chi connectivity index (χ3v) is 8.52. The molecule has 5 rings (SSSR count). The molecule has 0 saturated carbocycles. The molecule has 0 aliphatic heterocycles. The normalized spacial score (nSPS) is 11.7. The molecule has 0 aliphatic carbocycles. The summed E-state index contributed by atoms with van der Waals surface area (Å²) in [4.78, 5) is 13.1. The number of hydrogen-bond acceptors (Lipinski definition) is 4. The zero-order valence-corrected chi connectivity index (χ0v) is 22.9. The number of amides is 1. The number of sulfonamides is 1. The van der Waals surface area contributed by atoms with Crippen LogP contribution in [-0.4, -0.2) is 27.1 Å². The predicted molar refractivity (Wildman–Crippen MR) is 157 cm³/mol. The van der Waals surface area contributed by atoms with Gasteiger partial charge in [-0.05, 0) is 70.9 Å². The Kier molecular flexibility index (Phi) is 7.26. The lowest BCUT2D eigenvalue weighted by Crippen LogP contribution is -2.39. The smallest absolute Gasteiger partial charge is 0.264 e. The topological polar surface area (TPSA) is 78.8 Å². The molecule has 5 aromatic carbocycles. The van der Waals surface area contributed by atoms with E-state index in [1.54, 1.807) is 42.6 Å². The van der Waals surface area contributed by atoms with Crippen molar-refractivity contribution in [2.24, 2.45) is 5.10 Å². The maximum Gasteiger partial charge on any atom is 0.264 e. The van der Waals surface area contributed by atoms with E-state index < -0.39 is 22.5 Å². The number of carbonyl (C=O) groups excluding carboxylic acids is 1. The molecule has 6 nitrogen and oxygen atoms in total. The van der Waals surface area contributed by atoms with Crippen molar-refractivity contribution >= 4 is 65.3 Å². The van der Waals surface area contributed by atoms with E-state index in [0.29, 0.717) is 5.69 Å². The lowest BCUT2D eigenvalue weighted by atomic mass is 9.97. The Labute approximate surface area is 229 Å². The highest BCUT2D eigenvalue weighted by Gasteiger charge is 2.27. The second-order valence-electron chi connectivity index (χ2n) is 8.83. The number of carbonyl (C=O) groups is 1. The number of fused-ring (bicyclic) bond motifs is 2. The summed E-state index contributed by atoms with van der Waals surface area (Å²) in [5.41, 5.74) is 4.70. The molecule has 0 fully saturated rings. The molecule has 0 radical (unpaired) electrons. The summed E-state index contributed by atoms with van der Waals surface area (Å²) >= 11 is 3.37. The lowest BCUT2D eigenvalue weighted by molar-refractivity contribution is -0.119. The van der Waals surface area contributed by atoms with Crippen LogP contribution >= 0.6 is 15.9 Å². The number of hydrazone groups is 1. The maximum absolute atomic E-state index is 13.5. The summed E-state index contributed by atoms with van der Waals surface area (Å²) in [7, 11) is -4.01. The van der Waals surface area contributed by atoms with Crippen LogP contribution in [0.15, 0.2) is 118 Å². The molecule has 8 heteroatoms. The van der Waals surface area contributed by atoms with E-state index in [0.717, 1.165) is 41.4 Å². The largest absolute Gasteiger partial charge is 0.271 e. The van der Waals surface area contributed by atoms with E-state index in [2.05, 4.69) is 32.5 Å². The van der Waals surface area contributed by atoms with Crippen molar-refractivity contribution in [3.05, 3.63) is 119 Å².